The van der Waals surface area contributed by atoms with Crippen LogP contribution in [0.5, 0.6) is 0 Å². The summed E-state index contributed by atoms with van der Waals surface area (Å²) >= 11 is 0. The number of hydrogen-bond donors (Lipinski definition) is 1. The van der Waals surface area contributed by atoms with E-state index in [-0.39, 0.29) is 5.54 Å². The third-order valence-electron chi connectivity index (χ3n) is 3.41. The maximum atomic E-state index is 4.52. The first-order chi connectivity index (χ1) is 7.24. The Morgan fingerprint density at radius 1 is 1.47 bits per heavy atom. The largest absolute Gasteiger partial charge is 0.317 e. The van der Waals surface area contributed by atoms with Crippen molar-refractivity contribution in [3.63, 3.8) is 0 Å². The summed E-state index contributed by atoms with van der Waals surface area (Å²) in [6.45, 7) is 6.75. The number of aromatic nitrogens is 2. The minimum Gasteiger partial charge on any atom is -0.317 e. The molecule has 1 aromatic heterocycles. The summed E-state index contributed by atoms with van der Waals surface area (Å²) in [7, 11) is 0. The van der Waals surface area contributed by atoms with Gasteiger partial charge in [-0.1, -0.05) is 13.3 Å². The minimum atomic E-state index is 0.233. The van der Waals surface area contributed by atoms with Gasteiger partial charge in [0.1, 0.15) is 0 Å². The molecule has 1 fully saturated rings. The molecule has 0 aromatic carbocycles. The zero-order valence-electron chi connectivity index (χ0n) is 9.79. The highest BCUT2D eigenvalue weighted by Crippen LogP contribution is 2.26. The molecule has 1 aliphatic heterocycles. The van der Waals surface area contributed by atoms with E-state index in [1.165, 1.54) is 24.8 Å². The molecule has 1 N–H and O–H groups in total. The highest BCUT2D eigenvalue weighted by atomic mass is 15.3. The topological polar surface area (TPSA) is 29.9 Å². The van der Waals surface area contributed by atoms with Gasteiger partial charge in [-0.15, -0.1) is 0 Å². The third kappa shape index (κ3) is 2.23. The maximum absolute atomic E-state index is 4.52. The summed E-state index contributed by atoms with van der Waals surface area (Å²) in [5.41, 5.74) is 1.61. The summed E-state index contributed by atoms with van der Waals surface area (Å²) in [6, 6.07) is 0. The molecule has 1 aromatic rings. The van der Waals surface area contributed by atoms with Gasteiger partial charge in [-0.25, -0.2) is 0 Å². The second-order valence-corrected chi connectivity index (χ2v) is 4.79. The van der Waals surface area contributed by atoms with Crippen LogP contribution in [-0.4, -0.2) is 22.9 Å². The lowest BCUT2D eigenvalue weighted by atomic mass is 9.91. The molecule has 0 atom stereocenters. The van der Waals surface area contributed by atoms with Gasteiger partial charge in [0.15, 0.2) is 0 Å². The number of rotatable bonds is 3. The lowest BCUT2D eigenvalue weighted by Gasteiger charge is -2.34. The van der Waals surface area contributed by atoms with Gasteiger partial charge in [0.2, 0.25) is 0 Å². The molecule has 2 rings (SSSR count). The van der Waals surface area contributed by atoms with Crippen molar-refractivity contribution in [2.75, 3.05) is 13.1 Å². The summed E-state index contributed by atoms with van der Waals surface area (Å²) in [5, 5.41) is 7.92. The first-order valence-electron chi connectivity index (χ1n) is 5.99. The molecule has 3 heteroatoms. The van der Waals surface area contributed by atoms with E-state index in [2.05, 4.69) is 35.1 Å². The number of hydrogen-bond acceptors (Lipinski definition) is 2. The molecule has 0 amide bonds. The van der Waals surface area contributed by atoms with E-state index in [4.69, 9.17) is 0 Å². The number of aryl methyl sites for hydroxylation is 1. The lowest BCUT2D eigenvalue weighted by molar-refractivity contribution is 0.209. The van der Waals surface area contributed by atoms with Gasteiger partial charge in [-0.3, -0.25) is 4.68 Å². The van der Waals surface area contributed by atoms with Gasteiger partial charge in [0, 0.05) is 6.20 Å². The minimum absolute atomic E-state index is 0.233. The van der Waals surface area contributed by atoms with E-state index in [9.17, 15) is 0 Å². The van der Waals surface area contributed by atoms with E-state index >= 15 is 0 Å². The summed E-state index contributed by atoms with van der Waals surface area (Å²) < 4.78 is 2.18. The van der Waals surface area contributed by atoms with Crippen LogP contribution in [0.3, 0.4) is 0 Å². The van der Waals surface area contributed by atoms with Crippen molar-refractivity contribution in [3.05, 3.63) is 18.0 Å². The molecular formula is C12H21N3. The molecule has 0 spiro atoms. The summed E-state index contributed by atoms with van der Waals surface area (Å²) in [5.74, 6) is 0. The van der Waals surface area contributed by atoms with Gasteiger partial charge < -0.3 is 5.32 Å². The molecule has 84 valence electrons. The second-order valence-electron chi connectivity index (χ2n) is 4.79. The van der Waals surface area contributed by atoms with Crippen LogP contribution >= 0.6 is 0 Å². The Labute approximate surface area is 91.9 Å². The van der Waals surface area contributed by atoms with E-state index in [1.54, 1.807) is 0 Å². The summed E-state index contributed by atoms with van der Waals surface area (Å²) in [4.78, 5) is 0. The van der Waals surface area contributed by atoms with E-state index in [0.717, 1.165) is 19.5 Å². The van der Waals surface area contributed by atoms with Gasteiger partial charge >= 0.3 is 0 Å². The fraction of sp³-hybridized carbons (Fsp3) is 0.750. The van der Waals surface area contributed by atoms with Gasteiger partial charge in [-0.05, 0) is 44.8 Å². The Bertz CT molecular complexity index is 310. The van der Waals surface area contributed by atoms with Crippen molar-refractivity contribution in [1.82, 2.24) is 15.1 Å². The zero-order chi connectivity index (χ0) is 10.7. The van der Waals surface area contributed by atoms with Crippen molar-refractivity contribution >= 4 is 0 Å². The molecule has 15 heavy (non-hydrogen) atoms. The maximum Gasteiger partial charge on any atom is 0.0623 e. The zero-order valence-corrected chi connectivity index (χ0v) is 9.79. The molecule has 2 heterocycles. The average Bonchev–Trinajstić information content (AvgIpc) is 2.69. The van der Waals surface area contributed by atoms with Crippen LogP contribution in [0.4, 0.5) is 0 Å². The quantitative estimate of drug-likeness (QED) is 0.821. The van der Waals surface area contributed by atoms with Crippen molar-refractivity contribution in [2.24, 2.45) is 0 Å². The Balaban J connectivity index is 2.12. The van der Waals surface area contributed by atoms with Crippen LogP contribution in [-0.2, 0) is 12.0 Å². The van der Waals surface area contributed by atoms with E-state index in [1.807, 2.05) is 6.20 Å². The van der Waals surface area contributed by atoms with Gasteiger partial charge in [-0.2, -0.15) is 5.10 Å². The Morgan fingerprint density at radius 3 is 2.87 bits per heavy atom. The molecule has 0 aliphatic carbocycles. The fourth-order valence-corrected chi connectivity index (χ4v) is 2.27. The smallest absolute Gasteiger partial charge is 0.0623 e. The number of nitrogens with zero attached hydrogens (tertiary/aromatic N) is 2. The SMILES string of the molecule is CCCc1cnn(C2(C)CCNCC2)c1. The van der Waals surface area contributed by atoms with Crippen LogP contribution in [0.2, 0.25) is 0 Å². The van der Waals surface area contributed by atoms with Gasteiger partial charge in [0.05, 0.1) is 11.7 Å². The van der Waals surface area contributed by atoms with Gasteiger partial charge in [0.25, 0.3) is 0 Å². The Hall–Kier alpha value is -0.830. The van der Waals surface area contributed by atoms with Crippen molar-refractivity contribution < 1.29 is 0 Å². The van der Waals surface area contributed by atoms with E-state index in [0.29, 0.717) is 0 Å². The highest BCUT2D eigenvalue weighted by Gasteiger charge is 2.29. The fourth-order valence-electron chi connectivity index (χ4n) is 2.27. The van der Waals surface area contributed by atoms with Crippen molar-refractivity contribution in [3.8, 4) is 0 Å². The predicted molar refractivity (Wildman–Crippen MR) is 62.0 cm³/mol. The second kappa shape index (κ2) is 4.35. The van der Waals surface area contributed by atoms with Crippen molar-refractivity contribution in [1.29, 1.82) is 0 Å². The molecule has 0 bridgehead atoms. The molecular weight excluding hydrogens is 186 g/mol. The van der Waals surface area contributed by atoms with Crippen LogP contribution in [0, 0.1) is 0 Å². The summed E-state index contributed by atoms with van der Waals surface area (Å²) in [6.07, 6.45) is 8.96. The Kier molecular flexibility index (Phi) is 3.10. The normalized spacial score (nSPS) is 20.4. The molecule has 3 nitrogen and oxygen atoms in total. The predicted octanol–water partition coefficient (Wildman–Crippen LogP) is 1.93. The standard InChI is InChI=1S/C12H21N3/c1-3-4-11-9-14-15(10-11)12(2)5-7-13-8-6-12/h9-10,13H,3-8H2,1-2H3. The monoisotopic (exact) mass is 207 g/mol. The van der Waals surface area contributed by atoms with Crippen LogP contribution in [0.1, 0.15) is 38.7 Å². The highest BCUT2D eigenvalue weighted by molar-refractivity contribution is 5.06. The lowest BCUT2D eigenvalue weighted by Crippen LogP contribution is -2.42. The number of piperidine rings is 1. The molecule has 1 saturated heterocycles. The molecule has 0 unspecified atom stereocenters. The first-order valence-corrected chi connectivity index (χ1v) is 5.99. The average molecular weight is 207 g/mol. The number of nitrogens with one attached hydrogen (secondary N) is 1. The Morgan fingerprint density at radius 2 is 2.20 bits per heavy atom. The van der Waals surface area contributed by atoms with Crippen molar-refractivity contribution in [2.45, 2.75) is 45.1 Å². The van der Waals surface area contributed by atoms with E-state index < -0.39 is 0 Å². The molecule has 0 saturated carbocycles. The van der Waals surface area contributed by atoms with Crippen LogP contribution < -0.4 is 5.32 Å². The van der Waals surface area contributed by atoms with Crippen LogP contribution in [0.25, 0.3) is 0 Å². The molecule has 1 aliphatic rings. The molecule has 0 radical (unpaired) electrons. The van der Waals surface area contributed by atoms with Crippen LogP contribution in [0.15, 0.2) is 12.4 Å². The first kappa shape index (κ1) is 10.7. The third-order valence-corrected chi connectivity index (χ3v) is 3.41.